The van der Waals surface area contributed by atoms with Gasteiger partial charge in [0.2, 0.25) is 0 Å². The molecule has 0 aliphatic heterocycles. The number of aromatic nitrogens is 2. The molecule has 0 spiro atoms. The van der Waals surface area contributed by atoms with E-state index in [1.54, 1.807) is 6.33 Å². The van der Waals surface area contributed by atoms with Crippen molar-refractivity contribution in [3.8, 4) is 0 Å². The van der Waals surface area contributed by atoms with Crippen LogP contribution in [0.4, 0.5) is 8.78 Å². The monoisotopic (exact) mass is 295 g/mol. The van der Waals surface area contributed by atoms with Crippen molar-refractivity contribution in [2.75, 3.05) is 6.54 Å². The zero-order valence-corrected chi connectivity index (χ0v) is 12.7. The van der Waals surface area contributed by atoms with Gasteiger partial charge in [0.1, 0.15) is 0 Å². The maximum absolute atomic E-state index is 13.3. The molecule has 116 valence electrons. The maximum atomic E-state index is 13.3. The molecule has 1 aromatic carbocycles. The van der Waals surface area contributed by atoms with Crippen LogP contribution < -0.4 is 5.32 Å². The third-order valence-corrected chi connectivity index (χ3v) is 3.75. The highest BCUT2D eigenvalue weighted by Crippen LogP contribution is 2.17. The standard InChI is InChI=1S/C16H23F2N3/c1-3-4-5-6-12(2)19-7-8-21-11-20-15-9-13(17)14(18)10-16(15)21/h9-12,19H,3-8H2,1-2H3. The van der Waals surface area contributed by atoms with Crippen molar-refractivity contribution in [3.05, 3.63) is 30.1 Å². The summed E-state index contributed by atoms with van der Waals surface area (Å²) >= 11 is 0. The molecule has 0 saturated heterocycles. The van der Waals surface area contributed by atoms with E-state index < -0.39 is 11.6 Å². The molecule has 0 bridgehead atoms. The van der Waals surface area contributed by atoms with Gasteiger partial charge < -0.3 is 9.88 Å². The lowest BCUT2D eigenvalue weighted by Gasteiger charge is -2.14. The van der Waals surface area contributed by atoms with Crippen LogP contribution in [-0.4, -0.2) is 22.1 Å². The Morgan fingerprint density at radius 1 is 1.24 bits per heavy atom. The summed E-state index contributed by atoms with van der Waals surface area (Å²) in [6.45, 7) is 5.86. The van der Waals surface area contributed by atoms with Crippen LogP contribution in [0.5, 0.6) is 0 Å². The Hall–Kier alpha value is -1.49. The molecule has 5 heteroatoms. The van der Waals surface area contributed by atoms with Gasteiger partial charge in [0.15, 0.2) is 11.6 Å². The number of halogens is 2. The number of nitrogens with one attached hydrogen (secondary N) is 1. The number of unbranched alkanes of at least 4 members (excludes halogenated alkanes) is 2. The lowest BCUT2D eigenvalue weighted by atomic mass is 10.1. The second-order valence-corrected chi connectivity index (χ2v) is 5.54. The summed E-state index contributed by atoms with van der Waals surface area (Å²) in [5, 5.41) is 3.45. The number of benzene rings is 1. The molecule has 0 radical (unpaired) electrons. The summed E-state index contributed by atoms with van der Waals surface area (Å²) in [4.78, 5) is 4.11. The average Bonchev–Trinajstić information content (AvgIpc) is 2.82. The molecule has 1 unspecified atom stereocenters. The second kappa shape index (κ2) is 7.50. The Bertz CT molecular complexity index is 580. The van der Waals surface area contributed by atoms with Crippen molar-refractivity contribution in [2.24, 2.45) is 0 Å². The highest BCUT2D eigenvalue weighted by atomic mass is 19.2. The van der Waals surface area contributed by atoms with Crippen LogP contribution in [-0.2, 0) is 6.54 Å². The number of nitrogens with zero attached hydrogens (tertiary/aromatic N) is 2. The predicted molar refractivity (Wildman–Crippen MR) is 81.3 cm³/mol. The third-order valence-electron chi connectivity index (χ3n) is 3.75. The first kappa shape index (κ1) is 15.9. The molecular formula is C16H23F2N3. The van der Waals surface area contributed by atoms with E-state index in [0.29, 0.717) is 23.6 Å². The van der Waals surface area contributed by atoms with Crippen LogP contribution >= 0.6 is 0 Å². The Kier molecular flexibility index (Phi) is 5.67. The van der Waals surface area contributed by atoms with Crippen molar-refractivity contribution in [3.63, 3.8) is 0 Å². The van der Waals surface area contributed by atoms with Gasteiger partial charge in [0.05, 0.1) is 17.4 Å². The number of rotatable bonds is 8. The Balaban J connectivity index is 1.87. The van der Waals surface area contributed by atoms with Crippen LogP contribution in [0.3, 0.4) is 0 Å². The molecule has 0 saturated carbocycles. The maximum Gasteiger partial charge on any atom is 0.161 e. The van der Waals surface area contributed by atoms with E-state index in [2.05, 4.69) is 24.1 Å². The molecule has 1 N–H and O–H groups in total. The summed E-state index contributed by atoms with van der Waals surface area (Å²) < 4.78 is 28.3. The van der Waals surface area contributed by atoms with Gasteiger partial charge in [-0.05, 0) is 13.3 Å². The van der Waals surface area contributed by atoms with Crippen molar-refractivity contribution in [1.29, 1.82) is 0 Å². The minimum atomic E-state index is -0.851. The first-order valence-electron chi connectivity index (χ1n) is 7.65. The second-order valence-electron chi connectivity index (χ2n) is 5.54. The van der Waals surface area contributed by atoms with Crippen molar-refractivity contribution in [2.45, 2.75) is 52.1 Å². The molecule has 0 amide bonds. The molecular weight excluding hydrogens is 272 g/mol. The van der Waals surface area contributed by atoms with E-state index in [-0.39, 0.29) is 0 Å². The molecule has 1 aromatic heterocycles. The Morgan fingerprint density at radius 2 is 2.00 bits per heavy atom. The fraction of sp³-hybridized carbons (Fsp3) is 0.562. The lowest BCUT2D eigenvalue weighted by molar-refractivity contribution is 0.472. The summed E-state index contributed by atoms with van der Waals surface area (Å²) in [6, 6.07) is 2.82. The molecule has 2 rings (SSSR count). The van der Waals surface area contributed by atoms with Crippen molar-refractivity contribution < 1.29 is 8.78 Å². The number of hydrogen-bond acceptors (Lipinski definition) is 2. The molecule has 0 aliphatic carbocycles. The molecule has 0 fully saturated rings. The minimum Gasteiger partial charge on any atom is -0.329 e. The van der Waals surface area contributed by atoms with Crippen LogP contribution in [0, 0.1) is 11.6 Å². The Labute approximate surface area is 124 Å². The first-order valence-corrected chi connectivity index (χ1v) is 7.65. The average molecular weight is 295 g/mol. The fourth-order valence-electron chi connectivity index (χ4n) is 2.47. The van der Waals surface area contributed by atoms with E-state index in [4.69, 9.17) is 0 Å². The van der Waals surface area contributed by atoms with E-state index in [9.17, 15) is 8.78 Å². The van der Waals surface area contributed by atoms with Crippen LogP contribution in [0.2, 0.25) is 0 Å². The molecule has 3 nitrogen and oxygen atoms in total. The fourth-order valence-corrected chi connectivity index (χ4v) is 2.47. The van der Waals surface area contributed by atoms with Gasteiger partial charge in [-0.25, -0.2) is 13.8 Å². The summed E-state index contributed by atoms with van der Waals surface area (Å²) in [5.74, 6) is -1.68. The molecule has 1 atom stereocenters. The van der Waals surface area contributed by atoms with Gasteiger partial charge in [0, 0.05) is 31.3 Å². The highest BCUT2D eigenvalue weighted by molar-refractivity contribution is 5.75. The zero-order chi connectivity index (χ0) is 15.2. The number of hydrogen-bond donors (Lipinski definition) is 1. The molecule has 0 aliphatic rings. The number of imidazole rings is 1. The third kappa shape index (κ3) is 4.24. The highest BCUT2D eigenvalue weighted by Gasteiger charge is 2.09. The SMILES string of the molecule is CCCCCC(C)NCCn1cnc2cc(F)c(F)cc21. The van der Waals surface area contributed by atoms with Crippen LogP contribution in [0.15, 0.2) is 18.5 Å². The summed E-state index contributed by atoms with van der Waals surface area (Å²) in [7, 11) is 0. The van der Waals surface area contributed by atoms with Gasteiger partial charge in [-0.2, -0.15) is 0 Å². The van der Waals surface area contributed by atoms with Crippen molar-refractivity contribution in [1.82, 2.24) is 14.9 Å². The van der Waals surface area contributed by atoms with E-state index >= 15 is 0 Å². The van der Waals surface area contributed by atoms with Gasteiger partial charge in [0.25, 0.3) is 0 Å². The zero-order valence-electron chi connectivity index (χ0n) is 12.7. The van der Waals surface area contributed by atoms with Crippen LogP contribution in [0.25, 0.3) is 11.0 Å². The molecule has 21 heavy (non-hydrogen) atoms. The minimum absolute atomic E-state index is 0.473. The van der Waals surface area contributed by atoms with E-state index in [1.165, 1.54) is 31.7 Å². The molecule has 1 heterocycles. The first-order chi connectivity index (χ1) is 10.1. The quantitative estimate of drug-likeness (QED) is 0.749. The van der Waals surface area contributed by atoms with Gasteiger partial charge in [-0.3, -0.25) is 0 Å². The topological polar surface area (TPSA) is 29.9 Å². The van der Waals surface area contributed by atoms with Crippen LogP contribution in [0.1, 0.15) is 39.5 Å². The largest absolute Gasteiger partial charge is 0.329 e. The van der Waals surface area contributed by atoms with E-state index in [0.717, 1.165) is 12.6 Å². The van der Waals surface area contributed by atoms with Gasteiger partial charge in [-0.1, -0.05) is 26.2 Å². The lowest BCUT2D eigenvalue weighted by Crippen LogP contribution is -2.29. The normalized spacial score (nSPS) is 13.0. The Morgan fingerprint density at radius 3 is 2.76 bits per heavy atom. The predicted octanol–water partition coefficient (Wildman–Crippen LogP) is 3.87. The summed E-state index contributed by atoms with van der Waals surface area (Å²) in [6.07, 6.45) is 6.54. The van der Waals surface area contributed by atoms with Gasteiger partial charge in [-0.15, -0.1) is 0 Å². The van der Waals surface area contributed by atoms with Crippen molar-refractivity contribution >= 4 is 11.0 Å². The molecule has 2 aromatic rings. The van der Waals surface area contributed by atoms with Gasteiger partial charge >= 0.3 is 0 Å². The summed E-state index contributed by atoms with van der Waals surface area (Å²) in [5.41, 5.74) is 1.12. The smallest absolute Gasteiger partial charge is 0.161 e. The number of fused-ring (bicyclic) bond motifs is 1. The van der Waals surface area contributed by atoms with E-state index in [1.807, 2.05) is 4.57 Å².